The molecule has 0 radical (unpaired) electrons. The number of benzene rings is 1. The molecule has 0 spiro atoms. The normalized spacial score (nSPS) is 18.9. The molecule has 1 N–H and O–H groups in total. The SMILES string of the molecule is CC(C)NCCOCC1OCCc2ccccc21. The van der Waals surface area contributed by atoms with Crippen molar-refractivity contribution in [2.24, 2.45) is 0 Å². The standard InChI is InChI=1S/C15H23NO2/c1-12(2)16-8-10-17-11-15-14-6-4-3-5-13(14)7-9-18-15/h3-6,12,15-16H,7-11H2,1-2H3. The lowest BCUT2D eigenvalue weighted by Gasteiger charge is -2.26. The van der Waals surface area contributed by atoms with Crippen LogP contribution in [0.5, 0.6) is 0 Å². The van der Waals surface area contributed by atoms with Crippen molar-refractivity contribution >= 4 is 0 Å². The van der Waals surface area contributed by atoms with Gasteiger partial charge in [0.15, 0.2) is 0 Å². The van der Waals surface area contributed by atoms with Gasteiger partial charge >= 0.3 is 0 Å². The molecule has 3 heteroatoms. The summed E-state index contributed by atoms with van der Waals surface area (Å²) >= 11 is 0. The van der Waals surface area contributed by atoms with Gasteiger partial charge in [-0.05, 0) is 17.5 Å². The van der Waals surface area contributed by atoms with Crippen LogP contribution >= 0.6 is 0 Å². The van der Waals surface area contributed by atoms with E-state index in [1.165, 1.54) is 11.1 Å². The van der Waals surface area contributed by atoms with Crippen molar-refractivity contribution < 1.29 is 9.47 Å². The summed E-state index contributed by atoms with van der Waals surface area (Å²) in [5.74, 6) is 0. The fraction of sp³-hybridized carbons (Fsp3) is 0.600. The van der Waals surface area contributed by atoms with E-state index >= 15 is 0 Å². The van der Waals surface area contributed by atoms with Gasteiger partial charge in [-0.3, -0.25) is 0 Å². The van der Waals surface area contributed by atoms with Gasteiger partial charge in [-0.15, -0.1) is 0 Å². The molecule has 0 bridgehead atoms. The third kappa shape index (κ3) is 3.80. The Bertz CT molecular complexity index is 365. The first kappa shape index (κ1) is 13.5. The van der Waals surface area contributed by atoms with Crippen LogP contribution in [0, 0.1) is 0 Å². The molecule has 0 saturated heterocycles. The number of rotatable bonds is 6. The molecule has 100 valence electrons. The molecule has 1 heterocycles. The summed E-state index contributed by atoms with van der Waals surface area (Å²) in [7, 11) is 0. The minimum absolute atomic E-state index is 0.106. The van der Waals surface area contributed by atoms with Crippen LogP contribution in [0.2, 0.25) is 0 Å². The van der Waals surface area contributed by atoms with Gasteiger partial charge in [0.2, 0.25) is 0 Å². The number of nitrogens with one attached hydrogen (secondary N) is 1. The quantitative estimate of drug-likeness (QED) is 0.785. The van der Waals surface area contributed by atoms with E-state index in [1.54, 1.807) is 0 Å². The monoisotopic (exact) mass is 249 g/mol. The Morgan fingerprint density at radius 1 is 1.39 bits per heavy atom. The second kappa shape index (κ2) is 6.88. The highest BCUT2D eigenvalue weighted by atomic mass is 16.5. The highest BCUT2D eigenvalue weighted by molar-refractivity contribution is 5.30. The van der Waals surface area contributed by atoms with Crippen LogP contribution in [0.4, 0.5) is 0 Å². The van der Waals surface area contributed by atoms with E-state index < -0.39 is 0 Å². The van der Waals surface area contributed by atoms with Crippen molar-refractivity contribution in [2.45, 2.75) is 32.4 Å². The molecule has 1 aromatic carbocycles. The van der Waals surface area contributed by atoms with Gasteiger partial charge in [0.25, 0.3) is 0 Å². The van der Waals surface area contributed by atoms with E-state index in [0.717, 1.165) is 26.2 Å². The van der Waals surface area contributed by atoms with E-state index in [4.69, 9.17) is 9.47 Å². The Morgan fingerprint density at radius 3 is 3.06 bits per heavy atom. The first-order valence-electron chi connectivity index (χ1n) is 6.78. The minimum Gasteiger partial charge on any atom is -0.377 e. The number of hydrogen-bond donors (Lipinski definition) is 1. The van der Waals surface area contributed by atoms with Crippen molar-refractivity contribution in [1.82, 2.24) is 5.32 Å². The van der Waals surface area contributed by atoms with E-state index in [0.29, 0.717) is 12.6 Å². The zero-order valence-corrected chi connectivity index (χ0v) is 11.3. The van der Waals surface area contributed by atoms with Crippen molar-refractivity contribution in [1.29, 1.82) is 0 Å². The van der Waals surface area contributed by atoms with Crippen LogP contribution in [-0.4, -0.2) is 32.4 Å². The molecule has 0 aromatic heterocycles. The smallest absolute Gasteiger partial charge is 0.106 e. The van der Waals surface area contributed by atoms with E-state index in [2.05, 4.69) is 43.4 Å². The summed E-state index contributed by atoms with van der Waals surface area (Å²) in [5, 5.41) is 3.34. The molecule has 0 fully saturated rings. The van der Waals surface area contributed by atoms with Crippen molar-refractivity contribution in [3.63, 3.8) is 0 Å². The molecule has 1 aliphatic heterocycles. The maximum Gasteiger partial charge on any atom is 0.106 e. The molecule has 1 aromatic rings. The van der Waals surface area contributed by atoms with E-state index in [-0.39, 0.29) is 6.10 Å². The Balaban J connectivity index is 1.77. The van der Waals surface area contributed by atoms with Crippen LogP contribution in [-0.2, 0) is 15.9 Å². The molecule has 1 unspecified atom stereocenters. The van der Waals surface area contributed by atoms with E-state index in [1.807, 2.05) is 0 Å². The van der Waals surface area contributed by atoms with Crippen molar-refractivity contribution in [3.8, 4) is 0 Å². The van der Waals surface area contributed by atoms with Crippen LogP contribution < -0.4 is 5.32 Å². The summed E-state index contributed by atoms with van der Waals surface area (Å²) in [5.41, 5.74) is 2.69. The van der Waals surface area contributed by atoms with Crippen LogP contribution in [0.1, 0.15) is 31.1 Å². The lowest BCUT2D eigenvalue weighted by atomic mass is 9.98. The van der Waals surface area contributed by atoms with Crippen molar-refractivity contribution in [2.75, 3.05) is 26.4 Å². The lowest BCUT2D eigenvalue weighted by Crippen LogP contribution is -2.28. The molecular formula is C15H23NO2. The predicted octanol–water partition coefficient (Wildman–Crippen LogP) is 2.32. The third-order valence-corrected chi connectivity index (χ3v) is 3.16. The number of ether oxygens (including phenoxy) is 2. The molecule has 1 atom stereocenters. The van der Waals surface area contributed by atoms with Gasteiger partial charge in [-0.1, -0.05) is 38.1 Å². The third-order valence-electron chi connectivity index (χ3n) is 3.16. The molecule has 0 aliphatic carbocycles. The zero-order chi connectivity index (χ0) is 12.8. The molecule has 18 heavy (non-hydrogen) atoms. The zero-order valence-electron chi connectivity index (χ0n) is 11.3. The van der Waals surface area contributed by atoms with Gasteiger partial charge in [0.05, 0.1) is 19.8 Å². The topological polar surface area (TPSA) is 30.5 Å². The van der Waals surface area contributed by atoms with E-state index in [9.17, 15) is 0 Å². The van der Waals surface area contributed by atoms with Gasteiger partial charge in [0.1, 0.15) is 6.10 Å². The number of hydrogen-bond acceptors (Lipinski definition) is 3. The highest BCUT2D eigenvalue weighted by Crippen LogP contribution is 2.26. The van der Waals surface area contributed by atoms with Gasteiger partial charge in [-0.25, -0.2) is 0 Å². The lowest BCUT2D eigenvalue weighted by molar-refractivity contribution is -0.0243. The molecule has 2 rings (SSSR count). The summed E-state index contributed by atoms with van der Waals surface area (Å²) in [4.78, 5) is 0. The maximum absolute atomic E-state index is 5.79. The van der Waals surface area contributed by atoms with Gasteiger partial charge < -0.3 is 14.8 Å². The molecule has 1 aliphatic rings. The molecule has 0 saturated carbocycles. The van der Waals surface area contributed by atoms with Gasteiger partial charge in [-0.2, -0.15) is 0 Å². The largest absolute Gasteiger partial charge is 0.377 e. The van der Waals surface area contributed by atoms with Crippen LogP contribution in [0.3, 0.4) is 0 Å². The Labute approximate surface area is 109 Å². The average Bonchev–Trinajstić information content (AvgIpc) is 2.38. The van der Waals surface area contributed by atoms with Crippen molar-refractivity contribution in [3.05, 3.63) is 35.4 Å². The maximum atomic E-state index is 5.79. The molecule has 3 nitrogen and oxygen atoms in total. The second-order valence-corrected chi connectivity index (χ2v) is 4.99. The average molecular weight is 249 g/mol. The first-order chi connectivity index (χ1) is 8.77. The van der Waals surface area contributed by atoms with Gasteiger partial charge in [0, 0.05) is 12.6 Å². The fourth-order valence-electron chi connectivity index (χ4n) is 2.22. The first-order valence-corrected chi connectivity index (χ1v) is 6.78. The highest BCUT2D eigenvalue weighted by Gasteiger charge is 2.20. The Hall–Kier alpha value is -0.900. The second-order valence-electron chi connectivity index (χ2n) is 4.99. The summed E-state index contributed by atoms with van der Waals surface area (Å²) in [6.45, 7) is 7.36. The Morgan fingerprint density at radius 2 is 2.22 bits per heavy atom. The van der Waals surface area contributed by atoms with Crippen LogP contribution in [0.25, 0.3) is 0 Å². The summed E-state index contributed by atoms with van der Waals surface area (Å²) < 4.78 is 11.5. The predicted molar refractivity (Wildman–Crippen MR) is 72.8 cm³/mol. The summed E-state index contributed by atoms with van der Waals surface area (Å²) in [6, 6.07) is 9.01. The minimum atomic E-state index is 0.106. The van der Waals surface area contributed by atoms with Crippen LogP contribution in [0.15, 0.2) is 24.3 Å². The number of fused-ring (bicyclic) bond motifs is 1. The Kier molecular flexibility index (Phi) is 5.17. The summed E-state index contributed by atoms with van der Waals surface area (Å²) in [6.07, 6.45) is 1.12. The fourth-order valence-corrected chi connectivity index (χ4v) is 2.22. The molecular weight excluding hydrogens is 226 g/mol. The molecule has 0 amide bonds.